The third-order valence-corrected chi connectivity index (χ3v) is 6.51. The van der Waals surface area contributed by atoms with E-state index < -0.39 is 5.60 Å². The highest BCUT2D eigenvalue weighted by Crippen LogP contribution is 2.38. The number of aliphatic hydroxyl groups is 1. The highest BCUT2D eigenvalue weighted by Gasteiger charge is 2.47. The van der Waals surface area contributed by atoms with E-state index in [4.69, 9.17) is 9.47 Å². The van der Waals surface area contributed by atoms with Crippen LogP contribution in [0, 0.1) is 5.82 Å². The van der Waals surface area contributed by atoms with Crippen molar-refractivity contribution in [3.05, 3.63) is 29.6 Å². The minimum atomic E-state index is -0.762. The number of nitrogens with zero attached hydrogens (tertiary/aromatic N) is 1. The molecule has 1 atom stereocenters. The fourth-order valence-corrected chi connectivity index (χ4v) is 4.66. The van der Waals surface area contributed by atoms with E-state index in [2.05, 4.69) is 10.2 Å². The highest BCUT2D eigenvalue weighted by atomic mass is 19.1. The SMILES string of the molecule is CC(C)(O)CCOc1ccc(F)cc1C1CCN([C@@H]2COC3(CNC3)C2)CC1. The molecular formula is C22H33FN2O3. The summed E-state index contributed by atoms with van der Waals surface area (Å²) in [7, 11) is 0. The molecule has 3 saturated heterocycles. The van der Waals surface area contributed by atoms with Crippen molar-refractivity contribution in [3.63, 3.8) is 0 Å². The number of hydrogen-bond donors (Lipinski definition) is 2. The molecule has 6 heteroatoms. The van der Waals surface area contributed by atoms with Gasteiger partial charge in [0.25, 0.3) is 0 Å². The Balaban J connectivity index is 1.35. The van der Waals surface area contributed by atoms with Gasteiger partial charge in [-0.3, -0.25) is 4.90 Å². The van der Waals surface area contributed by atoms with Crippen LogP contribution >= 0.6 is 0 Å². The van der Waals surface area contributed by atoms with Crippen LogP contribution in [0.3, 0.4) is 0 Å². The second-order valence-electron chi connectivity index (χ2n) is 9.36. The Morgan fingerprint density at radius 2 is 2.07 bits per heavy atom. The standard InChI is InChI=1S/C22H33FN2O3/c1-21(2,26)7-10-27-20-4-3-17(23)11-19(20)16-5-8-25(9-6-16)18-12-22(28-13-18)14-24-15-22/h3-4,11,16,18,24,26H,5-10,12-15H2,1-2H3/t18-/m0/s1. The molecule has 4 rings (SSSR count). The molecule has 0 aromatic heterocycles. The molecule has 0 aliphatic carbocycles. The Morgan fingerprint density at radius 1 is 1.32 bits per heavy atom. The van der Waals surface area contributed by atoms with Crippen LogP contribution in [0.1, 0.15) is 51.0 Å². The minimum Gasteiger partial charge on any atom is -0.493 e. The summed E-state index contributed by atoms with van der Waals surface area (Å²) >= 11 is 0. The molecule has 0 bridgehead atoms. The van der Waals surface area contributed by atoms with Gasteiger partial charge in [0.15, 0.2) is 0 Å². The van der Waals surface area contributed by atoms with Gasteiger partial charge in [-0.1, -0.05) is 0 Å². The molecule has 0 radical (unpaired) electrons. The van der Waals surface area contributed by atoms with Crippen molar-refractivity contribution in [2.24, 2.45) is 0 Å². The van der Waals surface area contributed by atoms with Crippen LogP contribution in [0.25, 0.3) is 0 Å². The Labute approximate surface area is 167 Å². The first-order valence-corrected chi connectivity index (χ1v) is 10.6. The first kappa shape index (κ1) is 20.1. The Hall–Kier alpha value is -1.21. The van der Waals surface area contributed by atoms with Gasteiger partial charge in [0.1, 0.15) is 11.6 Å². The lowest BCUT2D eigenvalue weighted by Crippen LogP contribution is -2.59. The van der Waals surface area contributed by atoms with Gasteiger partial charge in [-0.15, -0.1) is 0 Å². The van der Waals surface area contributed by atoms with Crippen molar-refractivity contribution in [1.29, 1.82) is 0 Å². The van der Waals surface area contributed by atoms with E-state index in [1.807, 2.05) is 0 Å². The normalized spacial score (nSPS) is 25.8. The average Bonchev–Trinajstić information content (AvgIpc) is 3.08. The molecule has 2 N–H and O–H groups in total. The van der Waals surface area contributed by atoms with Gasteiger partial charge in [0.05, 0.1) is 24.4 Å². The van der Waals surface area contributed by atoms with Crippen molar-refractivity contribution in [2.75, 3.05) is 39.4 Å². The van der Waals surface area contributed by atoms with Gasteiger partial charge in [-0.25, -0.2) is 4.39 Å². The lowest BCUT2D eigenvalue weighted by Gasteiger charge is -2.40. The summed E-state index contributed by atoms with van der Waals surface area (Å²) in [6.45, 7) is 8.79. The van der Waals surface area contributed by atoms with Gasteiger partial charge in [-0.2, -0.15) is 0 Å². The van der Waals surface area contributed by atoms with E-state index in [-0.39, 0.29) is 11.4 Å². The van der Waals surface area contributed by atoms with Gasteiger partial charge >= 0.3 is 0 Å². The summed E-state index contributed by atoms with van der Waals surface area (Å²) in [5, 5.41) is 13.2. The number of rotatable bonds is 6. The molecule has 0 unspecified atom stereocenters. The predicted octanol–water partition coefficient (Wildman–Crippen LogP) is 2.68. The summed E-state index contributed by atoms with van der Waals surface area (Å²) in [4.78, 5) is 2.55. The molecule has 3 fully saturated rings. The number of hydrogen-bond acceptors (Lipinski definition) is 5. The number of piperidine rings is 1. The highest BCUT2D eigenvalue weighted by molar-refractivity contribution is 5.37. The number of halogens is 1. The maximum Gasteiger partial charge on any atom is 0.123 e. The van der Waals surface area contributed by atoms with Crippen LogP contribution in [-0.4, -0.2) is 66.6 Å². The molecule has 0 saturated carbocycles. The molecule has 28 heavy (non-hydrogen) atoms. The number of ether oxygens (including phenoxy) is 2. The molecule has 156 valence electrons. The van der Waals surface area contributed by atoms with Gasteiger partial charge in [0.2, 0.25) is 0 Å². The van der Waals surface area contributed by atoms with Crippen LogP contribution < -0.4 is 10.1 Å². The van der Waals surface area contributed by atoms with E-state index in [1.165, 1.54) is 6.07 Å². The molecule has 3 aliphatic rings. The molecule has 0 amide bonds. The van der Waals surface area contributed by atoms with Crippen molar-refractivity contribution in [1.82, 2.24) is 10.2 Å². The summed E-state index contributed by atoms with van der Waals surface area (Å²) in [6.07, 6.45) is 3.68. The van der Waals surface area contributed by atoms with E-state index >= 15 is 0 Å². The van der Waals surface area contributed by atoms with Crippen molar-refractivity contribution in [3.8, 4) is 5.75 Å². The Bertz CT molecular complexity index is 679. The van der Waals surface area contributed by atoms with E-state index in [9.17, 15) is 9.50 Å². The van der Waals surface area contributed by atoms with Gasteiger partial charge in [-0.05, 0) is 70.3 Å². The zero-order valence-electron chi connectivity index (χ0n) is 17.0. The first-order valence-electron chi connectivity index (χ1n) is 10.6. The lowest BCUT2D eigenvalue weighted by molar-refractivity contribution is -0.0367. The Morgan fingerprint density at radius 3 is 2.68 bits per heavy atom. The molecular weight excluding hydrogens is 359 g/mol. The maximum absolute atomic E-state index is 13.9. The molecule has 1 aromatic rings. The summed E-state index contributed by atoms with van der Waals surface area (Å²) < 4.78 is 25.9. The van der Waals surface area contributed by atoms with E-state index in [0.717, 1.165) is 63.4 Å². The summed E-state index contributed by atoms with van der Waals surface area (Å²) in [6, 6.07) is 5.34. The second kappa shape index (κ2) is 7.90. The number of nitrogens with one attached hydrogen (secondary N) is 1. The van der Waals surface area contributed by atoms with Crippen LogP contribution in [0.15, 0.2) is 18.2 Å². The van der Waals surface area contributed by atoms with Crippen LogP contribution in [0.5, 0.6) is 5.75 Å². The lowest BCUT2D eigenvalue weighted by atomic mass is 9.86. The van der Waals surface area contributed by atoms with E-state index in [1.54, 1.807) is 26.0 Å². The second-order valence-corrected chi connectivity index (χ2v) is 9.36. The smallest absolute Gasteiger partial charge is 0.123 e. The zero-order chi connectivity index (χ0) is 19.8. The fraction of sp³-hybridized carbons (Fsp3) is 0.727. The summed E-state index contributed by atoms with van der Waals surface area (Å²) in [5.74, 6) is 0.856. The minimum absolute atomic E-state index is 0.0889. The summed E-state index contributed by atoms with van der Waals surface area (Å²) in [5.41, 5.74) is 0.297. The third kappa shape index (κ3) is 4.51. The van der Waals surface area contributed by atoms with Crippen LogP contribution in [-0.2, 0) is 4.74 Å². The topological polar surface area (TPSA) is 54.0 Å². The number of likely N-dealkylation sites (tertiary alicyclic amines) is 1. The molecule has 3 aliphatic heterocycles. The third-order valence-electron chi connectivity index (χ3n) is 6.51. The zero-order valence-corrected chi connectivity index (χ0v) is 17.0. The van der Waals surface area contributed by atoms with Crippen LogP contribution in [0.2, 0.25) is 0 Å². The van der Waals surface area contributed by atoms with Crippen molar-refractivity contribution >= 4 is 0 Å². The molecule has 1 aromatic carbocycles. The molecule has 1 spiro atoms. The van der Waals surface area contributed by atoms with Gasteiger partial charge < -0.3 is 19.9 Å². The predicted molar refractivity (Wildman–Crippen MR) is 106 cm³/mol. The van der Waals surface area contributed by atoms with E-state index in [0.29, 0.717) is 25.0 Å². The quantitative estimate of drug-likeness (QED) is 0.780. The monoisotopic (exact) mass is 392 g/mol. The van der Waals surface area contributed by atoms with Crippen LogP contribution in [0.4, 0.5) is 4.39 Å². The number of benzene rings is 1. The first-order chi connectivity index (χ1) is 13.3. The van der Waals surface area contributed by atoms with Crippen molar-refractivity contribution < 1.29 is 19.0 Å². The molecule has 5 nitrogen and oxygen atoms in total. The molecule has 3 heterocycles. The maximum atomic E-state index is 13.9. The largest absolute Gasteiger partial charge is 0.493 e. The average molecular weight is 393 g/mol. The fourth-order valence-electron chi connectivity index (χ4n) is 4.66. The van der Waals surface area contributed by atoms with Gasteiger partial charge in [0, 0.05) is 31.1 Å². The van der Waals surface area contributed by atoms with Crippen molar-refractivity contribution in [2.45, 2.75) is 62.7 Å². The Kier molecular flexibility index (Phi) is 5.67.